The molecule has 2 unspecified atom stereocenters. The Labute approximate surface area is 118 Å². The molecule has 1 aromatic rings. The number of rotatable bonds is 9. The maximum Gasteiger partial charge on any atom is 0.122 e. The lowest BCUT2D eigenvalue weighted by Crippen LogP contribution is -2.44. The second kappa shape index (κ2) is 8.33. The molecule has 0 amide bonds. The van der Waals surface area contributed by atoms with Crippen molar-refractivity contribution in [2.75, 3.05) is 20.1 Å². The Kier molecular flexibility index (Phi) is 7.10. The molecule has 0 aromatic carbocycles. The molecule has 1 rings (SSSR count). The van der Waals surface area contributed by atoms with E-state index in [1.54, 1.807) is 0 Å². The Balaban J connectivity index is 2.50. The van der Waals surface area contributed by atoms with Crippen molar-refractivity contribution in [2.24, 2.45) is 13.0 Å². The number of imidazole rings is 1. The molecule has 110 valence electrons. The monoisotopic (exact) mass is 266 g/mol. The zero-order valence-electron chi connectivity index (χ0n) is 13.2. The van der Waals surface area contributed by atoms with Gasteiger partial charge in [-0.3, -0.25) is 4.90 Å². The summed E-state index contributed by atoms with van der Waals surface area (Å²) >= 11 is 0. The van der Waals surface area contributed by atoms with Crippen LogP contribution >= 0.6 is 0 Å². The van der Waals surface area contributed by atoms with Crippen molar-refractivity contribution in [3.63, 3.8) is 0 Å². The molecule has 1 N–H and O–H groups in total. The molecular weight excluding hydrogens is 236 g/mol. The zero-order valence-corrected chi connectivity index (χ0v) is 13.2. The Morgan fingerprint density at radius 2 is 2.16 bits per heavy atom. The number of aromatic nitrogens is 2. The van der Waals surface area contributed by atoms with Gasteiger partial charge < -0.3 is 9.88 Å². The summed E-state index contributed by atoms with van der Waals surface area (Å²) in [5.74, 6) is 1.83. The molecule has 4 heteroatoms. The molecule has 0 radical (unpaired) electrons. The van der Waals surface area contributed by atoms with Gasteiger partial charge in [0.05, 0.1) is 6.54 Å². The molecule has 0 aliphatic rings. The second-order valence-electron chi connectivity index (χ2n) is 5.60. The molecule has 0 saturated heterocycles. The third kappa shape index (κ3) is 5.33. The van der Waals surface area contributed by atoms with Crippen LogP contribution in [0, 0.1) is 5.92 Å². The van der Waals surface area contributed by atoms with Gasteiger partial charge in [-0.15, -0.1) is 0 Å². The van der Waals surface area contributed by atoms with E-state index in [2.05, 4.69) is 54.6 Å². The highest BCUT2D eigenvalue weighted by molar-refractivity contribution is 4.91. The van der Waals surface area contributed by atoms with Crippen molar-refractivity contribution < 1.29 is 0 Å². The molecule has 0 saturated carbocycles. The summed E-state index contributed by atoms with van der Waals surface area (Å²) in [7, 11) is 4.23. The summed E-state index contributed by atoms with van der Waals surface area (Å²) in [5, 5.41) is 3.68. The molecule has 0 fully saturated rings. The molecule has 0 bridgehead atoms. The van der Waals surface area contributed by atoms with E-state index in [0.29, 0.717) is 12.0 Å². The van der Waals surface area contributed by atoms with E-state index in [1.165, 1.54) is 12.8 Å². The predicted octanol–water partition coefficient (Wildman–Crippen LogP) is 2.27. The Morgan fingerprint density at radius 1 is 1.42 bits per heavy atom. The number of hydrogen-bond acceptors (Lipinski definition) is 3. The van der Waals surface area contributed by atoms with E-state index in [0.717, 1.165) is 25.5 Å². The van der Waals surface area contributed by atoms with E-state index in [4.69, 9.17) is 0 Å². The summed E-state index contributed by atoms with van der Waals surface area (Å²) in [6.07, 6.45) is 6.28. The average Bonchev–Trinajstić information content (AvgIpc) is 2.79. The summed E-state index contributed by atoms with van der Waals surface area (Å²) < 4.78 is 2.09. The van der Waals surface area contributed by atoms with Crippen LogP contribution in [0.4, 0.5) is 0 Å². The number of aryl methyl sites for hydroxylation is 1. The first-order valence-corrected chi connectivity index (χ1v) is 7.46. The van der Waals surface area contributed by atoms with Gasteiger partial charge in [0.2, 0.25) is 0 Å². The Bertz CT molecular complexity index is 348. The van der Waals surface area contributed by atoms with Crippen LogP contribution in [0.15, 0.2) is 12.4 Å². The lowest BCUT2D eigenvalue weighted by Gasteiger charge is -2.29. The molecule has 1 aromatic heterocycles. The minimum absolute atomic E-state index is 0.565. The fourth-order valence-corrected chi connectivity index (χ4v) is 2.25. The summed E-state index contributed by atoms with van der Waals surface area (Å²) in [4.78, 5) is 6.75. The van der Waals surface area contributed by atoms with Gasteiger partial charge in [0.1, 0.15) is 5.82 Å². The van der Waals surface area contributed by atoms with Crippen LogP contribution in [0.1, 0.15) is 39.4 Å². The zero-order chi connectivity index (χ0) is 14.3. The van der Waals surface area contributed by atoms with Gasteiger partial charge in [-0.2, -0.15) is 0 Å². The Morgan fingerprint density at radius 3 is 2.68 bits per heavy atom. The molecule has 0 spiro atoms. The molecule has 0 aliphatic carbocycles. The highest BCUT2D eigenvalue weighted by Gasteiger charge is 2.17. The number of nitrogens with one attached hydrogen (secondary N) is 1. The Hall–Kier alpha value is -0.870. The van der Waals surface area contributed by atoms with Gasteiger partial charge in [-0.05, 0) is 25.9 Å². The van der Waals surface area contributed by atoms with E-state index in [-0.39, 0.29) is 0 Å². The van der Waals surface area contributed by atoms with Crippen molar-refractivity contribution in [1.29, 1.82) is 0 Å². The van der Waals surface area contributed by atoms with Gasteiger partial charge in [-0.25, -0.2) is 4.98 Å². The first kappa shape index (κ1) is 16.2. The topological polar surface area (TPSA) is 33.1 Å². The number of likely N-dealkylation sites (N-methyl/N-ethyl adjacent to an activating group) is 1. The maximum absolute atomic E-state index is 4.39. The normalized spacial score (nSPS) is 14.8. The highest BCUT2D eigenvalue weighted by Crippen LogP contribution is 2.10. The summed E-state index contributed by atoms with van der Waals surface area (Å²) in [5.41, 5.74) is 0. The van der Waals surface area contributed by atoms with Crippen molar-refractivity contribution in [1.82, 2.24) is 19.8 Å². The largest absolute Gasteiger partial charge is 0.337 e. The molecule has 4 nitrogen and oxygen atoms in total. The first-order chi connectivity index (χ1) is 9.08. The van der Waals surface area contributed by atoms with Crippen LogP contribution in [-0.4, -0.2) is 40.6 Å². The van der Waals surface area contributed by atoms with Crippen molar-refractivity contribution in [3.05, 3.63) is 18.2 Å². The molecular formula is C15H30N4. The first-order valence-electron chi connectivity index (χ1n) is 7.46. The number of nitrogens with zero attached hydrogens (tertiary/aromatic N) is 3. The highest BCUT2D eigenvalue weighted by atomic mass is 15.2. The summed E-state index contributed by atoms with van der Waals surface area (Å²) in [6.45, 7) is 9.90. The minimum atomic E-state index is 0.565. The van der Waals surface area contributed by atoms with Crippen LogP contribution in [0.5, 0.6) is 0 Å². The van der Waals surface area contributed by atoms with Crippen molar-refractivity contribution in [2.45, 2.75) is 46.2 Å². The van der Waals surface area contributed by atoms with Gasteiger partial charge in [0.25, 0.3) is 0 Å². The average molecular weight is 266 g/mol. The van der Waals surface area contributed by atoms with Gasteiger partial charge >= 0.3 is 0 Å². The fourth-order valence-electron chi connectivity index (χ4n) is 2.25. The van der Waals surface area contributed by atoms with E-state index in [9.17, 15) is 0 Å². The molecule has 1 heterocycles. The standard InChI is InChI=1S/C15H30N4/c1-6-8-16-14(13(3)7-2)11-18(4)12-15-17-9-10-19(15)5/h9-10,13-14,16H,6-8,11-12H2,1-5H3. The SMILES string of the molecule is CCCNC(CN(C)Cc1nccn1C)C(C)CC. The van der Waals surface area contributed by atoms with Crippen LogP contribution in [-0.2, 0) is 13.6 Å². The van der Waals surface area contributed by atoms with Crippen LogP contribution in [0.3, 0.4) is 0 Å². The van der Waals surface area contributed by atoms with Gasteiger partial charge in [0.15, 0.2) is 0 Å². The third-order valence-corrected chi connectivity index (χ3v) is 3.83. The quantitative estimate of drug-likeness (QED) is 0.744. The van der Waals surface area contributed by atoms with Crippen LogP contribution in [0.2, 0.25) is 0 Å². The van der Waals surface area contributed by atoms with Crippen LogP contribution < -0.4 is 5.32 Å². The fraction of sp³-hybridized carbons (Fsp3) is 0.800. The third-order valence-electron chi connectivity index (χ3n) is 3.83. The molecule has 0 aliphatic heterocycles. The lowest BCUT2D eigenvalue weighted by atomic mass is 9.98. The lowest BCUT2D eigenvalue weighted by molar-refractivity contribution is 0.233. The molecule has 19 heavy (non-hydrogen) atoms. The van der Waals surface area contributed by atoms with E-state index >= 15 is 0 Å². The molecule has 2 atom stereocenters. The van der Waals surface area contributed by atoms with Crippen LogP contribution in [0.25, 0.3) is 0 Å². The van der Waals surface area contributed by atoms with Gasteiger partial charge in [0, 0.05) is 32.0 Å². The van der Waals surface area contributed by atoms with Crippen molar-refractivity contribution >= 4 is 0 Å². The van der Waals surface area contributed by atoms with Gasteiger partial charge in [-0.1, -0.05) is 27.2 Å². The summed E-state index contributed by atoms with van der Waals surface area (Å²) in [6, 6.07) is 0.565. The second-order valence-corrected chi connectivity index (χ2v) is 5.60. The number of hydrogen-bond donors (Lipinski definition) is 1. The van der Waals surface area contributed by atoms with E-state index < -0.39 is 0 Å². The maximum atomic E-state index is 4.39. The predicted molar refractivity (Wildman–Crippen MR) is 81.1 cm³/mol. The smallest absolute Gasteiger partial charge is 0.122 e. The van der Waals surface area contributed by atoms with E-state index in [1.807, 2.05) is 12.4 Å². The van der Waals surface area contributed by atoms with Crippen molar-refractivity contribution in [3.8, 4) is 0 Å². The minimum Gasteiger partial charge on any atom is -0.337 e.